The smallest absolute Gasteiger partial charge is 0.254 e. The molecule has 0 saturated heterocycles. The summed E-state index contributed by atoms with van der Waals surface area (Å²) in [6.45, 7) is 0.767. The summed E-state index contributed by atoms with van der Waals surface area (Å²) in [7, 11) is 1.54. The van der Waals surface area contributed by atoms with Gasteiger partial charge in [0.1, 0.15) is 11.6 Å². The summed E-state index contributed by atoms with van der Waals surface area (Å²) in [6.07, 6.45) is 0. The van der Waals surface area contributed by atoms with Gasteiger partial charge in [0.25, 0.3) is 5.91 Å². The molecule has 4 rings (SSSR count). The third-order valence-electron chi connectivity index (χ3n) is 5.85. The van der Waals surface area contributed by atoms with Crippen LogP contribution in [0.4, 0.5) is 8.78 Å². The van der Waals surface area contributed by atoms with E-state index in [4.69, 9.17) is 4.74 Å². The number of hydrogen-bond donors (Lipinski definition) is 1. The summed E-state index contributed by atoms with van der Waals surface area (Å²) in [4.78, 5) is 28.5. The molecule has 1 aliphatic heterocycles. The maximum Gasteiger partial charge on any atom is 0.254 e. The minimum absolute atomic E-state index is 0.208. The third kappa shape index (κ3) is 4.78. The first kappa shape index (κ1) is 22.6. The highest BCUT2D eigenvalue weighted by Gasteiger charge is 2.43. The summed E-state index contributed by atoms with van der Waals surface area (Å²) in [5, 5.41) is 2.93. The monoisotopic (exact) mass is 450 g/mol. The highest BCUT2D eigenvalue weighted by molar-refractivity contribution is 6.01. The molecule has 3 aromatic carbocycles. The molecule has 0 aromatic heterocycles. The first-order chi connectivity index (χ1) is 16.0. The number of halogens is 2. The zero-order valence-corrected chi connectivity index (χ0v) is 18.1. The molecule has 0 fully saturated rings. The van der Waals surface area contributed by atoms with Crippen LogP contribution >= 0.6 is 0 Å². The Kier molecular flexibility index (Phi) is 6.79. The van der Waals surface area contributed by atoms with E-state index in [1.807, 2.05) is 0 Å². The van der Waals surface area contributed by atoms with Crippen molar-refractivity contribution in [1.29, 1.82) is 0 Å². The van der Waals surface area contributed by atoms with Gasteiger partial charge in [-0.1, -0.05) is 42.5 Å². The van der Waals surface area contributed by atoms with Crippen molar-refractivity contribution in [3.05, 3.63) is 107 Å². The fourth-order valence-corrected chi connectivity index (χ4v) is 4.24. The van der Waals surface area contributed by atoms with Crippen LogP contribution in [0, 0.1) is 11.6 Å². The molecule has 170 valence electrons. The van der Waals surface area contributed by atoms with Gasteiger partial charge in [-0.25, -0.2) is 8.78 Å². The summed E-state index contributed by atoms with van der Waals surface area (Å²) >= 11 is 0. The lowest BCUT2D eigenvalue weighted by atomic mass is 9.79. The largest absolute Gasteiger partial charge is 0.383 e. The molecular weight excluding hydrogens is 426 g/mol. The second-order valence-corrected chi connectivity index (χ2v) is 7.90. The number of hydrogen-bond acceptors (Lipinski definition) is 3. The second-order valence-electron chi connectivity index (χ2n) is 7.90. The summed E-state index contributed by atoms with van der Waals surface area (Å²) < 4.78 is 32.1. The van der Waals surface area contributed by atoms with Gasteiger partial charge in [0, 0.05) is 25.8 Å². The number of amides is 2. The van der Waals surface area contributed by atoms with E-state index in [1.54, 1.807) is 60.5 Å². The molecule has 7 heteroatoms. The van der Waals surface area contributed by atoms with Crippen LogP contribution in [0.15, 0.2) is 72.8 Å². The number of rotatable bonds is 7. The minimum atomic E-state index is -0.721. The van der Waals surface area contributed by atoms with Crippen LogP contribution in [-0.4, -0.2) is 37.0 Å². The first-order valence-electron chi connectivity index (χ1n) is 10.7. The SMILES string of the molecule is COCCN1C(=O)c2ccccc2[C@@H](C(=O)NCc2ccc(F)cc2)[C@@H]1c1ccc(F)cc1. The fourth-order valence-electron chi connectivity index (χ4n) is 4.24. The maximum absolute atomic E-state index is 13.7. The summed E-state index contributed by atoms with van der Waals surface area (Å²) in [5.41, 5.74) is 2.47. The Balaban J connectivity index is 1.74. The van der Waals surface area contributed by atoms with Crippen LogP contribution in [0.2, 0.25) is 0 Å². The van der Waals surface area contributed by atoms with Crippen LogP contribution in [0.1, 0.15) is 39.0 Å². The molecule has 2 atom stereocenters. The van der Waals surface area contributed by atoms with E-state index in [1.165, 1.54) is 24.3 Å². The lowest BCUT2D eigenvalue weighted by molar-refractivity contribution is -0.124. The molecule has 33 heavy (non-hydrogen) atoms. The molecule has 1 aliphatic rings. The zero-order valence-electron chi connectivity index (χ0n) is 18.1. The van der Waals surface area contributed by atoms with Gasteiger partial charge in [-0.05, 0) is 47.0 Å². The molecule has 1 heterocycles. The summed E-state index contributed by atoms with van der Waals surface area (Å²) in [5.74, 6) is -1.96. The van der Waals surface area contributed by atoms with Gasteiger partial charge in [0.2, 0.25) is 5.91 Å². The van der Waals surface area contributed by atoms with Gasteiger partial charge in [0.15, 0.2) is 0 Å². The molecule has 0 radical (unpaired) electrons. The van der Waals surface area contributed by atoms with E-state index >= 15 is 0 Å². The van der Waals surface area contributed by atoms with Gasteiger partial charge in [-0.2, -0.15) is 0 Å². The molecule has 0 saturated carbocycles. The molecule has 0 bridgehead atoms. The summed E-state index contributed by atoms with van der Waals surface area (Å²) in [6, 6.07) is 18.1. The third-order valence-corrected chi connectivity index (χ3v) is 5.85. The normalized spacial score (nSPS) is 17.5. The Morgan fingerprint density at radius 3 is 2.27 bits per heavy atom. The van der Waals surface area contributed by atoms with Crippen molar-refractivity contribution in [3.8, 4) is 0 Å². The van der Waals surface area contributed by atoms with Crippen LogP contribution in [-0.2, 0) is 16.1 Å². The Labute approximate surface area is 191 Å². The van der Waals surface area contributed by atoms with E-state index in [2.05, 4.69) is 5.32 Å². The Morgan fingerprint density at radius 2 is 1.61 bits per heavy atom. The van der Waals surface area contributed by atoms with E-state index in [0.29, 0.717) is 16.7 Å². The number of carbonyl (C=O) groups is 2. The maximum atomic E-state index is 13.7. The molecule has 5 nitrogen and oxygen atoms in total. The Bertz CT molecular complexity index is 1130. The molecule has 0 spiro atoms. The average molecular weight is 450 g/mol. The van der Waals surface area contributed by atoms with Gasteiger partial charge < -0.3 is 15.0 Å². The molecule has 1 N–H and O–H groups in total. The van der Waals surface area contributed by atoms with E-state index in [9.17, 15) is 18.4 Å². The number of ether oxygens (including phenoxy) is 1. The van der Waals surface area contributed by atoms with Gasteiger partial charge >= 0.3 is 0 Å². The van der Waals surface area contributed by atoms with Crippen molar-refractivity contribution in [2.45, 2.75) is 18.5 Å². The molecule has 3 aromatic rings. The van der Waals surface area contributed by atoms with Gasteiger partial charge in [0.05, 0.1) is 18.6 Å². The minimum Gasteiger partial charge on any atom is -0.383 e. The van der Waals surface area contributed by atoms with Crippen LogP contribution in [0.25, 0.3) is 0 Å². The Hall–Kier alpha value is -3.58. The lowest BCUT2D eigenvalue weighted by Gasteiger charge is -2.41. The molecular formula is C26H24F2N2O3. The standard InChI is InChI=1S/C26H24F2N2O3/c1-33-15-14-30-24(18-8-12-20(28)13-9-18)23(21-4-2-3-5-22(21)26(30)32)25(31)29-16-17-6-10-19(27)11-7-17/h2-13,23-24H,14-16H2,1H3,(H,29,31)/t23-,24+/m1/s1. The van der Waals surface area contributed by atoms with Crippen LogP contribution in [0.3, 0.4) is 0 Å². The number of fused-ring (bicyclic) bond motifs is 1. The fraction of sp³-hybridized carbons (Fsp3) is 0.231. The quantitative estimate of drug-likeness (QED) is 0.587. The van der Waals surface area contributed by atoms with Crippen molar-refractivity contribution in [2.75, 3.05) is 20.3 Å². The van der Waals surface area contributed by atoms with Crippen LogP contribution < -0.4 is 5.32 Å². The molecule has 0 aliphatic carbocycles. The number of nitrogens with zero attached hydrogens (tertiary/aromatic N) is 1. The molecule has 0 unspecified atom stereocenters. The van der Waals surface area contributed by atoms with Crippen molar-refractivity contribution in [3.63, 3.8) is 0 Å². The predicted octanol–water partition coefficient (Wildman–Crippen LogP) is 4.21. The van der Waals surface area contributed by atoms with E-state index in [-0.39, 0.29) is 37.3 Å². The van der Waals surface area contributed by atoms with Gasteiger partial charge in [-0.15, -0.1) is 0 Å². The van der Waals surface area contributed by atoms with Crippen molar-refractivity contribution < 1.29 is 23.1 Å². The number of nitrogens with one attached hydrogen (secondary N) is 1. The second kappa shape index (κ2) is 9.92. The predicted molar refractivity (Wildman–Crippen MR) is 119 cm³/mol. The molecule has 2 amide bonds. The number of methoxy groups -OCH3 is 1. The van der Waals surface area contributed by atoms with Gasteiger partial charge in [-0.3, -0.25) is 9.59 Å². The zero-order chi connectivity index (χ0) is 23.4. The number of benzene rings is 3. The first-order valence-corrected chi connectivity index (χ1v) is 10.7. The van der Waals surface area contributed by atoms with Crippen molar-refractivity contribution in [2.24, 2.45) is 0 Å². The average Bonchev–Trinajstić information content (AvgIpc) is 2.83. The van der Waals surface area contributed by atoms with Crippen LogP contribution in [0.5, 0.6) is 0 Å². The van der Waals surface area contributed by atoms with Crippen molar-refractivity contribution >= 4 is 11.8 Å². The Morgan fingerprint density at radius 1 is 0.970 bits per heavy atom. The topological polar surface area (TPSA) is 58.6 Å². The van der Waals surface area contributed by atoms with E-state index < -0.39 is 17.8 Å². The lowest BCUT2D eigenvalue weighted by Crippen LogP contribution is -2.48. The van der Waals surface area contributed by atoms with Crippen molar-refractivity contribution in [1.82, 2.24) is 10.2 Å². The van der Waals surface area contributed by atoms with E-state index in [0.717, 1.165) is 5.56 Å². The number of carbonyl (C=O) groups excluding carboxylic acids is 2. The highest BCUT2D eigenvalue weighted by Crippen LogP contribution is 2.42. The highest BCUT2D eigenvalue weighted by atomic mass is 19.1.